The first-order valence-electron chi connectivity index (χ1n) is 14.3. The molecule has 228 valence electrons. The lowest BCUT2D eigenvalue weighted by molar-refractivity contribution is -0.115. The molecule has 5 aromatic carbocycles. The molecule has 0 heterocycles. The minimum atomic E-state index is -0.689. The number of amides is 2. The standard InChI is InChI=1S/C37H28N2O6S/c1-44-30-20-15-23(21-31(30)45-2)36(42)38-24-16-18-25(19-17-24)46-35(22-9-4-3-5-10-22)37(43)39-29-14-8-13-28-32(29)34(41)27-12-7-6-11-26(27)33(28)40/h3-21,35H,1-2H3,(H,38,42)(H,39,43). The number of hydrogen-bond donors (Lipinski definition) is 2. The fourth-order valence-electron chi connectivity index (χ4n) is 5.28. The van der Waals surface area contributed by atoms with E-state index in [0.717, 1.165) is 10.5 Å². The molecule has 0 spiro atoms. The van der Waals surface area contributed by atoms with Crippen molar-refractivity contribution in [2.45, 2.75) is 10.1 Å². The Labute approximate surface area is 269 Å². The molecule has 1 unspecified atom stereocenters. The van der Waals surface area contributed by atoms with Crippen molar-refractivity contribution in [1.29, 1.82) is 0 Å². The minimum absolute atomic E-state index is 0.186. The first-order valence-corrected chi connectivity index (χ1v) is 15.2. The maximum Gasteiger partial charge on any atom is 0.255 e. The van der Waals surface area contributed by atoms with Crippen LogP contribution in [0.1, 0.15) is 53.0 Å². The van der Waals surface area contributed by atoms with Gasteiger partial charge in [-0.1, -0.05) is 66.7 Å². The van der Waals surface area contributed by atoms with Gasteiger partial charge in [0.05, 0.1) is 25.5 Å². The van der Waals surface area contributed by atoms with Gasteiger partial charge in [0.25, 0.3) is 5.91 Å². The van der Waals surface area contributed by atoms with Gasteiger partial charge in [0, 0.05) is 32.8 Å². The van der Waals surface area contributed by atoms with Crippen LogP contribution in [0.15, 0.2) is 120 Å². The van der Waals surface area contributed by atoms with Gasteiger partial charge in [-0.05, 0) is 54.1 Å². The van der Waals surface area contributed by atoms with Gasteiger partial charge in [0.2, 0.25) is 5.91 Å². The summed E-state index contributed by atoms with van der Waals surface area (Å²) in [6.07, 6.45) is 0. The molecule has 0 saturated carbocycles. The molecule has 0 radical (unpaired) electrons. The summed E-state index contributed by atoms with van der Waals surface area (Å²) in [5.74, 6) is -0.262. The van der Waals surface area contributed by atoms with Crippen molar-refractivity contribution in [2.75, 3.05) is 24.9 Å². The molecular weight excluding hydrogens is 600 g/mol. The molecule has 1 aliphatic rings. The fraction of sp³-hybridized carbons (Fsp3) is 0.0811. The second-order valence-electron chi connectivity index (χ2n) is 10.4. The van der Waals surface area contributed by atoms with Crippen LogP contribution in [-0.2, 0) is 4.79 Å². The van der Waals surface area contributed by atoms with Crippen molar-refractivity contribution in [2.24, 2.45) is 0 Å². The molecule has 6 rings (SSSR count). The van der Waals surface area contributed by atoms with Gasteiger partial charge >= 0.3 is 0 Å². The highest BCUT2D eigenvalue weighted by molar-refractivity contribution is 8.00. The van der Waals surface area contributed by atoms with Crippen LogP contribution in [-0.4, -0.2) is 37.6 Å². The number of carbonyl (C=O) groups excluding carboxylic acids is 4. The Kier molecular flexibility index (Phi) is 8.67. The molecule has 0 bridgehead atoms. The first-order chi connectivity index (χ1) is 22.4. The highest BCUT2D eigenvalue weighted by Crippen LogP contribution is 2.38. The molecule has 46 heavy (non-hydrogen) atoms. The van der Waals surface area contributed by atoms with Gasteiger partial charge in [-0.25, -0.2) is 0 Å². The SMILES string of the molecule is COc1ccc(C(=O)Nc2ccc(SC(C(=O)Nc3cccc4c3C(=O)c3ccccc3C4=O)c3ccccc3)cc2)cc1OC. The third kappa shape index (κ3) is 6.00. The monoisotopic (exact) mass is 628 g/mol. The van der Waals surface area contributed by atoms with Crippen LogP contribution in [0.25, 0.3) is 0 Å². The van der Waals surface area contributed by atoms with Crippen molar-refractivity contribution in [3.63, 3.8) is 0 Å². The second-order valence-corrected chi connectivity index (χ2v) is 11.6. The Morgan fingerprint density at radius 1 is 0.652 bits per heavy atom. The molecule has 0 aliphatic heterocycles. The predicted octanol–water partition coefficient (Wildman–Crippen LogP) is 7.20. The van der Waals surface area contributed by atoms with Crippen LogP contribution in [0.2, 0.25) is 0 Å². The van der Waals surface area contributed by atoms with Crippen molar-refractivity contribution in [1.82, 2.24) is 0 Å². The average Bonchev–Trinajstić information content (AvgIpc) is 3.10. The lowest BCUT2D eigenvalue weighted by Crippen LogP contribution is -2.25. The largest absolute Gasteiger partial charge is 0.493 e. The Bertz CT molecular complexity index is 1970. The quantitative estimate of drug-likeness (QED) is 0.163. The van der Waals surface area contributed by atoms with Crippen LogP contribution in [0.5, 0.6) is 11.5 Å². The lowest BCUT2D eigenvalue weighted by atomic mass is 9.83. The molecule has 2 amide bonds. The Morgan fingerprint density at radius 3 is 2.00 bits per heavy atom. The number of carbonyl (C=O) groups is 4. The normalized spacial score (nSPS) is 12.4. The summed E-state index contributed by atoms with van der Waals surface area (Å²) < 4.78 is 10.5. The Balaban J connectivity index is 1.22. The molecule has 5 aromatic rings. The van der Waals surface area contributed by atoms with E-state index in [2.05, 4.69) is 10.6 Å². The van der Waals surface area contributed by atoms with Crippen LogP contribution in [0.3, 0.4) is 0 Å². The number of ketones is 2. The van der Waals surface area contributed by atoms with Gasteiger partial charge in [-0.3, -0.25) is 19.2 Å². The van der Waals surface area contributed by atoms with Crippen molar-refractivity contribution in [3.8, 4) is 11.5 Å². The Morgan fingerprint density at radius 2 is 1.30 bits per heavy atom. The van der Waals surface area contributed by atoms with Crippen LogP contribution in [0, 0.1) is 0 Å². The molecule has 1 atom stereocenters. The first kappa shape index (κ1) is 30.4. The van der Waals surface area contributed by atoms with E-state index in [0.29, 0.717) is 33.9 Å². The molecule has 1 aliphatic carbocycles. The highest BCUT2D eigenvalue weighted by Gasteiger charge is 2.32. The van der Waals surface area contributed by atoms with E-state index in [-0.39, 0.29) is 40.2 Å². The van der Waals surface area contributed by atoms with E-state index in [1.807, 2.05) is 42.5 Å². The Hall–Kier alpha value is -5.67. The summed E-state index contributed by atoms with van der Waals surface area (Å²) in [4.78, 5) is 54.3. The zero-order chi connectivity index (χ0) is 32.2. The minimum Gasteiger partial charge on any atom is -0.493 e. The van der Waals surface area contributed by atoms with Gasteiger partial charge < -0.3 is 20.1 Å². The zero-order valence-electron chi connectivity index (χ0n) is 24.9. The maximum atomic E-state index is 13.9. The van der Waals surface area contributed by atoms with Crippen molar-refractivity contribution < 1.29 is 28.7 Å². The molecule has 0 fully saturated rings. The third-order valence-electron chi connectivity index (χ3n) is 7.56. The van der Waals surface area contributed by atoms with E-state index < -0.39 is 5.25 Å². The molecule has 8 nitrogen and oxygen atoms in total. The number of benzene rings is 5. The third-order valence-corrected chi connectivity index (χ3v) is 8.83. The summed E-state index contributed by atoms with van der Waals surface area (Å²) in [6.45, 7) is 0. The number of nitrogens with one attached hydrogen (secondary N) is 2. The van der Waals surface area contributed by atoms with E-state index in [9.17, 15) is 19.2 Å². The van der Waals surface area contributed by atoms with E-state index in [1.54, 1.807) is 72.8 Å². The van der Waals surface area contributed by atoms with Crippen LogP contribution >= 0.6 is 11.8 Å². The number of hydrogen-bond acceptors (Lipinski definition) is 7. The summed E-state index contributed by atoms with van der Waals surface area (Å²) in [5, 5.41) is 5.12. The topological polar surface area (TPSA) is 111 Å². The van der Waals surface area contributed by atoms with Crippen molar-refractivity contribution in [3.05, 3.63) is 149 Å². The fourth-order valence-corrected chi connectivity index (χ4v) is 6.31. The summed E-state index contributed by atoms with van der Waals surface area (Å²) in [7, 11) is 3.03. The number of methoxy groups -OCH3 is 2. The molecule has 2 N–H and O–H groups in total. The number of ether oxygens (including phenoxy) is 2. The number of anilines is 2. The average molecular weight is 629 g/mol. The number of thioether (sulfide) groups is 1. The predicted molar refractivity (Wildman–Crippen MR) is 177 cm³/mol. The lowest BCUT2D eigenvalue weighted by Gasteiger charge is -2.22. The second kappa shape index (κ2) is 13.1. The van der Waals surface area contributed by atoms with Gasteiger partial charge in [0.15, 0.2) is 23.1 Å². The van der Waals surface area contributed by atoms with E-state index >= 15 is 0 Å². The molecule has 0 aromatic heterocycles. The van der Waals surface area contributed by atoms with Crippen molar-refractivity contribution >= 4 is 46.5 Å². The molecule has 0 saturated heterocycles. The number of fused-ring (bicyclic) bond motifs is 2. The molecular formula is C37H28N2O6S. The van der Waals surface area contributed by atoms with Crippen LogP contribution < -0.4 is 20.1 Å². The van der Waals surface area contributed by atoms with Gasteiger partial charge in [-0.15, -0.1) is 11.8 Å². The summed E-state index contributed by atoms with van der Waals surface area (Å²) in [6, 6.07) is 33.0. The van der Waals surface area contributed by atoms with Gasteiger partial charge in [-0.2, -0.15) is 0 Å². The summed E-state index contributed by atoms with van der Waals surface area (Å²) in [5.41, 5.74) is 3.13. The highest BCUT2D eigenvalue weighted by atomic mass is 32.2. The summed E-state index contributed by atoms with van der Waals surface area (Å²) >= 11 is 1.32. The smallest absolute Gasteiger partial charge is 0.255 e. The van der Waals surface area contributed by atoms with E-state index in [4.69, 9.17) is 9.47 Å². The maximum absolute atomic E-state index is 13.9. The van der Waals surface area contributed by atoms with E-state index in [1.165, 1.54) is 26.0 Å². The van der Waals surface area contributed by atoms with Crippen LogP contribution in [0.4, 0.5) is 11.4 Å². The number of rotatable bonds is 9. The zero-order valence-corrected chi connectivity index (χ0v) is 25.7. The van der Waals surface area contributed by atoms with Gasteiger partial charge in [0.1, 0.15) is 5.25 Å². The molecule has 9 heteroatoms.